The molecule has 0 radical (unpaired) electrons. The first kappa shape index (κ1) is 18.3. The van der Waals surface area contributed by atoms with E-state index in [1.54, 1.807) is 0 Å². The van der Waals surface area contributed by atoms with Gasteiger partial charge in [-0.2, -0.15) is 0 Å². The summed E-state index contributed by atoms with van der Waals surface area (Å²) in [5, 5.41) is 6.41. The highest BCUT2D eigenvalue weighted by molar-refractivity contribution is 5.67. The minimum atomic E-state index is -0.417. The number of hydrogen-bond donors (Lipinski definition) is 2. The predicted molar refractivity (Wildman–Crippen MR) is 87.5 cm³/mol. The Hall–Kier alpha value is -0.770. The second kappa shape index (κ2) is 9.29. The van der Waals surface area contributed by atoms with Crippen LogP contribution in [0.4, 0.5) is 4.79 Å². The number of rotatable bonds is 7. The largest absolute Gasteiger partial charge is 0.444 e. The van der Waals surface area contributed by atoms with Gasteiger partial charge in [0.25, 0.3) is 0 Å². The molecule has 0 aromatic heterocycles. The molecular weight excluding hydrogens is 264 g/mol. The molecule has 1 aliphatic rings. The van der Waals surface area contributed by atoms with Gasteiger partial charge in [-0.1, -0.05) is 19.8 Å². The first-order chi connectivity index (χ1) is 9.90. The molecule has 4 heteroatoms. The van der Waals surface area contributed by atoms with Crippen LogP contribution in [0.25, 0.3) is 0 Å². The lowest BCUT2D eigenvalue weighted by atomic mass is 9.83. The lowest BCUT2D eigenvalue weighted by Crippen LogP contribution is -2.36. The highest BCUT2D eigenvalue weighted by Crippen LogP contribution is 2.27. The Morgan fingerprint density at radius 1 is 1.14 bits per heavy atom. The van der Waals surface area contributed by atoms with Crippen LogP contribution in [-0.2, 0) is 4.74 Å². The fourth-order valence-corrected chi connectivity index (χ4v) is 2.96. The lowest BCUT2D eigenvalue weighted by molar-refractivity contribution is 0.0527. The van der Waals surface area contributed by atoms with Crippen LogP contribution in [0.5, 0.6) is 0 Å². The summed E-state index contributed by atoms with van der Waals surface area (Å²) in [6.45, 7) is 9.56. The second-order valence-electron chi connectivity index (χ2n) is 7.24. The number of amides is 1. The fraction of sp³-hybridized carbons (Fsp3) is 0.941. The Morgan fingerprint density at radius 3 is 2.38 bits per heavy atom. The summed E-state index contributed by atoms with van der Waals surface area (Å²) in [6.07, 6.45) is 8.72. The van der Waals surface area contributed by atoms with Crippen molar-refractivity contribution in [3.05, 3.63) is 0 Å². The third kappa shape index (κ3) is 8.97. The first-order valence-corrected chi connectivity index (χ1v) is 8.61. The summed E-state index contributed by atoms with van der Waals surface area (Å²) in [4.78, 5) is 11.5. The first-order valence-electron chi connectivity index (χ1n) is 8.61. The van der Waals surface area contributed by atoms with Gasteiger partial charge in [0.2, 0.25) is 0 Å². The standard InChI is InChI=1S/C17H34N2O2/c1-5-7-14-8-10-15(11-9-14)18-12-6-13-19-16(20)21-17(2,3)4/h14-15,18H,5-13H2,1-4H3,(H,19,20). The predicted octanol–water partition coefficient (Wildman–Crippen LogP) is 3.85. The summed E-state index contributed by atoms with van der Waals surface area (Å²) in [5.74, 6) is 0.960. The van der Waals surface area contributed by atoms with Gasteiger partial charge in [0.05, 0.1) is 0 Å². The van der Waals surface area contributed by atoms with Gasteiger partial charge < -0.3 is 15.4 Å². The quantitative estimate of drug-likeness (QED) is 0.702. The zero-order valence-corrected chi connectivity index (χ0v) is 14.3. The van der Waals surface area contributed by atoms with Crippen LogP contribution in [0.2, 0.25) is 0 Å². The molecule has 0 unspecified atom stereocenters. The molecule has 4 nitrogen and oxygen atoms in total. The molecule has 124 valence electrons. The van der Waals surface area contributed by atoms with Crippen molar-refractivity contribution in [2.24, 2.45) is 5.92 Å². The summed E-state index contributed by atoms with van der Waals surface area (Å²) >= 11 is 0. The normalized spacial score (nSPS) is 22.9. The minimum absolute atomic E-state index is 0.317. The van der Waals surface area contributed by atoms with Crippen LogP contribution >= 0.6 is 0 Å². The molecule has 0 aliphatic heterocycles. The summed E-state index contributed by atoms with van der Waals surface area (Å²) in [6, 6.07) is 0.680. The van der Waals surface area contributed by atoms with Gasteiger partial charge in [0.1, 0.15) is 5.60 Å². The third-order valence-corrected chi connectivity index (χ3v) is 4.00. The Morgan fingerprint density at radius 2 is 1.81 bits per heavy atom. The molecule has 0 bridgehead atoms. The molecule has 1 saturated carbocycles. The van der Waals surface area contributed by atoms with E-state index >= 15 is 0 Å². The molecule has 0 aromatic rings. The lowest BCUT2D eigenvalue weighted by Gasteiger charge is -2.29. The molecule has 0 heterocycles. The van der Waals surface area contributed by atoms with Crippen molar-refractivity contribution in [1.82, 2.24) is 10.6 Å². The third-order valence-electron chi connectivity index (χ3n) is 4.00. The average molecular weight is 298 g/mol. The van der Waals surface area contributed by atoms with E-state index in [2.05, 4.69) is 17.6 Å². The molecule has 0 spiro atoms. The maximum atomic E-state index is 11.5. The van der Waals surface area contributed by atoms with Crippen molar-refractivity contribution < 1.29 is 9.53 Å². The van der Waals surface area contributed by atoms with E-state index in [-0.39, 0.29) is 6.09 Å². The number of carbonyl (C=O) groups excluding carboxylic acids is 1. The Bertz CT molecular complexity index is 292. The molecule has 1 amide bonds. The second-order valence-corrected chi connectivity index (χ2v) is 7.24. The van der Waals surface area contributed by atoms with E-state index in [0.717, 1.165) is 18.9 Å². The highest BCUT2D eigenvalue weighted by Gasteiger charge is 2.20. The molecule has 1 fully saturated rings. The summed E-state index contributed by atoms with van der Waals surface area (Å²) in [7, 11) is 0. The van der Waals surface area contributed by atoms with E-state index in [0.29, 0.717) is 12.6 Å². The van der Waals surface area contributed by atoms with Gasteiger partial charge in [0.15, 0.2) is 0 Å². The van der Waals surface area contributed by atoms with Gasteiger partial charge in [-0.3, -0.25) is 0 Å². The SMILES string of the molecule is CCCC1CCC(NCCCNC(=O)OC(C)(C)C)CC1. The monoisotopic (exact) mass is 298 g/mol. The summed E-state index contributed by atoms with van der Waals surface area (Å²) in [5.41, 5.74) is -0.417. The number of ether oxygens (including phenoxy) is 1. The van der Waals surface area contributed by atoms with Crippen LogP contribution in [0, 0.1) is 5.92 Å². The van der Waals surface area contributed by atoms with E-state index in [1.165, 1.54) is 38.5 Å². The maximum Gasteiger partial charge on any atom is 0.407 e. The zero-order chi connectivity index (χ0) is 15.7. The molecule has 0 saturated heterocycles. The smallest absolute Gasteiger partial charge is 0.407 e. The number of alkyl carbamates (subject to hydrolysis) is 1. The van der Waals surface area contributed by atoms with Crippen LogP contribution in [-0.4, -0.2) is 30.8 Å². The van der Waals surface area contributed by atoms with Crippen molar-refractivity contribution >= 4 is 6.09 Å². The van der Waals surface area contributed by atoms with Crippen molar-refractivity contribution in [2.45, 2.75) is 84.3 Å². The molecular formula is C17H34N2O2. The van der Waals surface area contributed by atoms with Gasteiger partial charge in [0, 0.05) is 12.6 Å². The van der Waals surface area contributed by atoms with E-state index < -0.39 is 5.60 Å². The number of nitrogens with one attached hydrogen (secondary N) is 2. The van der Waals surface area contributed by atoms with Crippen LogP contribution in [0.15, 0.2) is 0 Å². The molecule has 0 atom stereocenters. The van der Waals surface area contributed by atoms with Crippen molar-refractivity contribution in [3.8, 4) is 0 Å². The molecule has 1 aliphatic carbocycles. The summed E-state index contributed by atoms with van der Waals surface area (Å²) < 4.78 is 5.20. The fourth-order valence-electron chi connectivity index (χ4n) is 2.96. The van der Waals surface area contributed by atoms with E-state index in [1.807, 2.05) is 20.8 Å². The molecule has 21 heavy (non-hydrogen) atoms. The van der Waals surface area contributed by atoms with Crippen molar-refractivity contribution in [1.29, 1.82) is 0 Å². The maximum absolute atomic E-state index is 11.5. The topological polar surface area (TPSA) is 50.4 Å². The Balaban J connectivity index is 1.99. The van der Waals surface area contributed by atoms with Gasteiger partial charge in [-0.25, -0.2) is 4.79 Å². The van der Waals surface area contributed by atoms with Gasteiger partial charge in [-0.15, -0.1) is 0 Å². The number of hydrogen-bond acceptors (Lipinski definition) is 3. The molecule has 2 N–H and O–H groups in total. The highest BCUT2D eigenvalue weighted by atomic mass is 16.6. The number of carbonyl (C=O) groups is 1. The van der Waals surface area contributed by atoms with E-state index in [4.69, 9.17) is 4.74 Å². The zero-order valence-electron chi connectivity index (χ0n) is 14.3. The molecule has 0 aromatic carbocycles. The van der Waals surface area contributed by atoms with Gasteiger partial charge >= 0.3 is 6.09 Å². The van der Waals surface area contributed by atoms with Gasteiger partial charge in [-0.05, 0) is 65.3 Å². The van der Waals surface area contributed by atoms with Crippen LogP contribution in [0.3, 0.4) is 0 Å². The van der Waals surface area contributed by atoms with Crippen molar-refractivity contribution in [2.75, 3.05) is 13.1 Å². The average Bonchev–Trinajstić information content (AvgIpc) is 2.38. The van der Waals surface area contributed by atoms with Crippen molar-refractivity contribution in [3.63, 3.8) is 0 Å². The Kier molecular flexibility index (Phi) is 8.09. The van der Waals surface area contributed by atoms with Crippen LogP contribution in [0.1, 0.15) is 72.6 Å². The van der Waals surface area contributed by atoms with Crippen LogP contribution < -0.4 is 10.6 Å². The van der Waals surface area contributed by atoms with E-state index in [9.17, 15) is 4.79 Å². The minimum Gasteiger partial charge on any atom is -0.444 e. The molecule has 1 rings (SSSR count). The Labute approximate surface area is 130 Å².